The Morgan fingerprint density at radius 3 is 2.95 bits per heavy atom. The van der Waals surface area contributed by atoms with Crippen LogP contribution in [-0.2, 0) is 11.2 Å². The Kier molecular flexibility index (Phi) is 4.06. The standard InChI is InChI=1S/C13H15ClN2O2S/c1-13(2,12(17)18)19-6-5-11-15-9-4-3-8(14)7-10(9)16-11/h3-4,7H,5-6H2,1-2H3,(H,15,16)(H,17,18). The highest BCUT2D eigenvalue weighted by Crippen LogP contribution is 2.25. The van der Waals surface area contributed by atoms with Crippen molar-refractivity contribution in [2.75, 3.05) is 5.75 Å². The number of aliphatic carboxylic acids is 1. The number of halogens is 1. The molecule has 102 valence electrons. The minimum atomic E-state index is -0.797. The smallest absolute Gasteiger partial charge is 0.319 e. The lowest BCUT2D eigenvalue weighted by Crippen LogP contribution is -2.27. The van der Waals surface area contributed by atoms with Crippen molar-refractivity contribution in [2.45, 2.75) is 25.0 Å². The summed E-state index contributed by atoms with van der Waals surface area (Å²) in [6.45, 7) is 3.41. The number of hydrogen-bond acceptors (Lipinski definition) is 3. The van der Waals surface area contributed by atoms with Gasteiger partial charge in [0.2, 0.25) is 0 Å². The maximum absolute atomic E-state index is 11.0. The number of carboxylic acids is 1. The van der Waals surface area contributed by atoms with Crippen LogP contribution in [0.4, 0.5) is 0 Å². The lowest BCUT2D eigenvalue weighted by molar-refractivity contribution is -0.138. The Morgan fingerprint density at radius 2 is 2.26 bits per heavy atom. The number of thioether (sulfide) groups is 1. The Bertz CT molecular complexity index is 610. The van der Waals surface area contributed by atoms with Gasteiger partial charge in [-0.25, -0.2) is 4.98 Å². The summed E-state index contributed by atoms with van der Waals surface area (Å²) < 4.78 is -0.769. The number of carbonyl (C=O) groups is 1. The average Bonchev–Trinajstić information content (AvgIpc) is 2.70. The summed E-state index contributed by atoms with van der Waals surface area (Å²) in [4.78, 5) is 18.6. The van der Waals surface area contributed by atoms with Gasteiger partial charge in [-0.05, 0) is 32.0 Å². The van der Waals surface area contributed by atoms with Crippen LogP contribution in [0, 0.1) is 0 Å². The van der Waals surface area contributed by atoms with Gasteiger partial charge >= 0.3 is 5.97 Å². The van der Waals surface area contributed by atoms with Gasteiger partial charge in [0.15, 0.2) is 0 Å². The van der Waals surface area contributed by atoms with Crippen molar-refractivity contribution in [3.63, 3.8) is 0 Å². The SMILES string of the molecule is CC(C)(SCCc1nc2ccc(Cl)cc2[nH]1)C(=O)O. The first-order valence-corrected chi connectivity index (χ1v) is 7.26. The van der Waals surface area contributed by atoms with Gasteiger partial charge in [0, 0.05) is 17.2 Å². The highest BCUT2D eigenvalue weighted by molar-refractivity contribution is 8.01. The summed E-state index contributed by atoms with van der Waals surface area (Å²) in [7, 11) is 0. The number of aromatic nitrogens is 2. The molecule has 0 unspecified atom stereocenters. The van der Waals surface area contributed by atoms with Gasteiger partial charge in [0.1, 0.15) is 10.6 Å². The number of rotatable bonds is 5. The summed E-state index contributed by atoms with van der Waals surface area (Å²) in [6.07, 6.45) is 0.702. The summed E-state index contributed by atoms with van der Waals surface area (Å²) in [5.74, 6) is 0.757. The van der Waals surface area contributed by atoms with Gasteiger partial charge in [0.05, 0.1) is 11.0 Å². The molecule has 0 saturated carbocycles. The highest BCUT2D eigenvalue weighted by Gasteiger charge is 2.27. The summed E-state index contributed by atoms with van der Waals surface area (Å²) >= 11 is 7.32. The number of nitrogens with zero attached hydrogens (tertiary/aromatic N) is 1. The van der Waals surface area contributed by atoms with E-state index < -0.39 is 10.7 Å². The molecule has 2 aromatic rings. The number of H-pyrrole nitrogens is 1. The van der Waals surface area contributed by atoms with E-state index in [0.717, 1.165) is 16.9 Å². The van der Waals surface area contributed by atoms with Crippen LogP contribution in [0.5, 0.6) is 0 Å². The molecular formula is C13H15ClN2O2S. The van der Waals surface area contributed by atoms with Crippen LogP contribution >= 0.6 is 23.4 Å². The summed E-state index contributed by atoms with van der Waals surface area (Å²) in [6, 6.07) is 5.50. The van der Waals surface area contributed by atoms with E-state index in [9.17, 15) is 4.79 Å². The fraction of sp³-hybridized carbons (Fsp3) is 0.385. The third kappa shape index (κ3) is 3.42. The quantitative estimate of drug-likeness (QED) is 0.888. The molecule has 0 amide bonds. The van der Waals surface area contributed by atoms with Crippen LogP contribution in [0.1, 0.15) is 19.7 Å². The summed E-state index contributed by atoms with van der Waals surface area (Å²) in [5.41, 5.74) is 1.78. The Labute approximate surface area is 120 Å². The first-order valence-electron chi connectivity index (χ1n) is 5.90. The van der Waals surface area contributed by atoms with Crippen molar-refractivity contribution >= 4 is 40.4 Å². The molecule has 6 heteroatoms. The second-order valence-electron chi connectivity index (χ2n) is 4.76. The van der Waals surface area contributed by atoms with Gasteiger partial charge in [-0.15, -0.1) is 11.8 Å². The molecule has 1 aromatic heterocycles. The average molecular weight is 299 g/mol. The van der Waals surface area contributed by atoms with Crippen LogP contribution < -0.4 is 0 Å². The van der Waals surface area contributed by atoms with Crippen molar-refractivity contribution in [2.24, 2.45) is 0 Å². The molecule has 0 radical (unpaired) electrons. The number of nitrogens with one attached hydrogen (secondary N) is 1. The maximum atomic E-state index is 11.0. The fourth-order valence-electron chi connectivity index (χ4n) is 1.62. The molecule has 0 saturated heterocycles. The Morgan fingerprint density at radius 1 is 1.53 bits per heavy atom. The van der Waals surface area contributed by atoms with Gasteiger partial charge in [0.25, 0.3) is 0 Å². The molecule has 2 N–H and O–H groups in total. The zero-order chi connectivity index (χ0) is 14.0. The van der Waals surface area contributed by atoms with E-state index in [-0.39, 0.29) is 0 Å². The number of fused-ring (bicyclic) bond motifs is 1. The first kappa shape index (κ1) is 14.2. The van der Waals surface area contributed by atoms with Crippen molar-refractivity contribution in [3.05, 3.63) is 29.0 Å². The van der Waals surface area contributed by atoms with Crippen LogP contribution in [-0.4, -0.2) is 31.5 Å². The minimum Gasteiger partial charge on any atom is -0.480 e. The monoisotopic (exact) mass is 298 g/mol. The van der Waals surface area contributed by atoms with Crippen molar-refractivity contribution < 1.29 is 9.90 Å². The van der Waals surface area contributed by atoms with Crippen molar-refractivity contribution in [3.8, 4) is 0 Å². The van der Waals surface area contributed by atoms with Crippen LogP contribution in [0.25, 0.3) is 11.0 Å². The molecule has 0 aliphatic heterocycles. The van der Waals surface area contributed by atoms with E-state index >= 15 is 0 Å². The lowest BCUT2D eigenvalue weighted by atomic mass is 10.2. The van der Waals surface area contributed by atoms with Crippen LogP contribution in [0.2, 0.25) is 5.02 Å². The molecule has 0 aliphatic carbocycles. The van der Waals surface area contributed by atoms with E-state index in [2.05, 4.69) is 9.97 Å². The molecule has 0 atom stereocenters. The Balaban J connectivity index is 2.00. The predicted octanol–water partition coefficient (Wildman–Crippen LogP) is 3.36. The molecule has 1 heterocycles. The zero-order valence-corrected chi connectivity index (χ0v) is 12.3. The summed E-state index contributed by atoms with van der Waals surface area (Å²) in [5, 5.41) is 9.69. The lowest BCUT2D eigenvalue weighted by Gasteiger charge is -2.17. The van der Waals surface area contributed by atoms with Gasteiger partial charge in [-0.3, -0.25) is 4.79 Å². The van der Waals surface area contributed by atoms with E-state index in [1.807, 2.05) is 12.1 Å². The molecule has 2 rings (SSSR count). The fourth-order valence-corrected chi connectivity index (χ4v) is 2.72. The molecule has 0 spiro atoms. The maximum Gasteiger partial charge on any atom is 0.319 e. The molecule has 0 fully saturated rings. The first-order chi connectivity index (χ1) is 8.88. The second-order valence-corrected chi connectivity index (χ2v) is 6.91. The number of aromatic amines is 1. The van der Waals surface area contributed by atoms with Gasteiger partial charge in [-0.2, -0.15) is 0 Å². The molecular weight excluding hydrogens is 284 g/mol. The normalized spacial score (nSPS) is 11.9. The number of carboxylic acid groups (broad SMARTS) is 1. The second kappa shape index (κ2) is 5.43. The van der Waals surface area contributed by atoms with E-state index in [1.165, 1.54) is 11.8 Å². The van der Waals surface area contributed by atoms with Gasteiger partial charge in [-0.1, -0.05) is 11.6 Å². The number of aryl methyl sites for hydroxylation is 1. The highest BCUT2D eigenvalue weighted by atomic mass is 35.5. The third-order valence-electron chi connectivity index (χ3n) is 2.81. The van der Waals surface area contributed by atoms with E-state index in [1.54, 1.807) is 19.9 Å². The molecule has 4 nitrogen and oxygen atoms in total. The predicted molar refractivity (Wildman–Crippen MR) is 79.0 cm³/mol. The van der Waals surface area contributed by atoms with E-state index in [0.29, 0.717) is 17.2 Å². The van der Waals surface area contributed by atoms with Crippen LogP contribution in [0.3, 0.4) is 0 Å². The molecule has 0 bridgehead atoms. The number of hydrogen-bond donors (Lipinski definition) is 2. The minimum absolute atomic E-state index is 0.670. The molecule has 19 heavy (non-hydrogen) atoms. The van der Waals surface area contributed by atoms with E-state index in [4.69, 9.17) is 16.7 Å². The largest absolute Gasteiger partial charge is 0.480 e. The Hall–Kier alpha value is -1.20. The number of imidazole rings is 1. The molecule has 0 aliphatic rings. The third-order valence-corrected chi connectivity index (χ3v) is 4.35. The molecule has 1 aromatic carbocycles. The zero-order valence-electron chi connectivity index (χ0n) is 10.7. The van der Waals surface area contributed by atoms with Crippen molar-refractivity contribution in [1.82, 2.24) is 9.97 Å². The van der Waals surface area contributed by atoms with Crippen molar-refractivity contribution in [1.29, 1.82) is 0 Å². The number of benzene rings is 1. The van der Waals surface area contributed by atoms with Gasteiger partial charge < -0.3 is 10.1 Å². The topological polar surface area (TPSA) is 66.0 Å². The van der Waals surface area contributed by atoms with Crippen LogP contribution in [0.15, 0.2) is 18.2 Å².